The van der Waals surface area contributed by atoms with Crippen LogP contribution in [0, 0.1) is 39.9 Å². The number of nitriles is 1. The molecule has 3 amide bonds. The Balaban J connectivity index is 1.49. The van der Waals surface area contributed by atoms with Crippen molar-refractivity contribution in [3.05, 3.63) is 53.7 Å². The molecule has 3 fully saturated rings. The van der Waals surface area contributed by atoms with E-state index in [1.54, 1.807) is 24.3 Å². The summed E-state index contributed by atoms with van der Waals surface area (Å²) in [5, 5.41) is 16.8. The highest BCUT2D eigenvalue weighted by Crippen LogP contribution is 2.78. The predicted octanol–water partition coefficient (Wildman–Crippen LogP) is 2.62. The van der Waals surface area contributed by atoms with Crippen molar-refractivity contribution in [3.63, 3.8) is 0 Å². The second-order valence-corrected chi connectivity index (χ2v) is 12.3. The fourth-order valence-corrected chi connectivity index (χ4v) is 7.82. The smallest absolute Gasteiger partial charge is 0.379 e. The maximum atomic E-state index is 14.1. The van der Waals surface area contributed by atoms with Crippen LogP contribution >= 0.6 is 0 Å². The maximum absolute atomic E-state index is 14.1. The van der Waals surface area contributed by atoms with Gasteiger partial charge in [0.15, 0.2) is 0 Å². The topological polar surface area (TPSA) is 145 Å². The number of hydrogen-bond acceptors (Lipinski definition) is 6. The van der Waals surface area contributed by atoms with Gasteiger partial charge in [0, 0.05) is 30.8 Å². The van der Waals surface area contributed by atoms with Crippen LogP contribution in [0.2, 0.25) is 0 Å². The SMILES string of the molecule is CC1(C)C2CN(C(=O)[C@H](Cc3ccc4ccccc4c3)NC(=O)C(F)(F)F)C(C(N)=O)C21[C@@H](C#N)C[C@H]1CCNC1=C=O. The van der Waals surface area contributed by atoms with Gasteiger partial charge in [0.25, 0.3) is 0 Å². The number of nitrogens with zero attached hydrogens (tertiary/aromatic N) is 2. The second-order valence-electron chi connectivity index (χ2n) is 12.3. The third-order valence-corrected chi connectivity index (χ3v) is 9.87. The first-order valence-corrected chi connectivity index (χ1v) is 14.1. The lowest BCUT2D eigenvalue weighted by Gasteiger charge is -2.38. The first kappa shape index (κ1) is 30.1. The molecule has 9 nitrogen and oxygen atoms in total. The van der Waals surface area contributed by atoms with Crippen LogP contribution in [0.4, 0.5) is 13.2 Å². The Labute approximate surface area is 246 Å². The molecule has 0 aromatic heterocycles. The van der Waals surface area contributed by atoms with Gasteiger partial charge in [-0.2, -0.15) is 18.4 Å². The van der Waals surface area contributed by atoms with Gasteiger partial charge in [-0.05, 0) is 40.5 Å². The van der Waals surface area contributed by atoms with Gasteiger partial charge in [-0.1, -0.05) is 56.3 Å². The first-order chi connectivity index (χ1) is 20.3. The number of likely N-dealkylation sites (tertiary alicyclic amines) is 1. The monoisotopic (exact) mass is 595 g/mol. The van der Waals surface area contributed by atoms with Crippen molar-refractivity contribution in [1.82, 2.24) is 15.5 Å². The number of piperidine rings is 1. The van der Waals surface area contributed by atoms with E-state index in [0.717, 1.165) is 15.7 Å². The van der Waals surface area contributed by atoms with E-state index in [1.165, 1.54) is 0 Å². The number of carbonyl (C=O) groups is 3. The maximum Gasteiger partial charge on any atom is 0.471 e. The molecule has 2 heterocycles. The molecular formula is C31H32F3N5O4. The van der Waals surface area contributed by atoms with Crippen molar-refractivity contribution < 1.29 is 32.3 Å². The molecule has 5 rings (SSSR count). The number of benzene rings is 2. The highest BCUT2D eigenvalue weighted by atomic mass is 19.4. The van der Waals surface area contributed by atoms with Gasteiger partial charge in [-0.3, -0.25) is 14.4 Å². The summed E-state index contributed by atoms with van der Waals surface area (Å²) in [4.78, 5) is 51.8. The molecule has 2 aromatic rings. The molecule has 3 unspecified atom stereocenters. The quantitative estimate of drug-likeness (QED) is 0.400. The summed E-state index contributed by atoms with van der Waals surface area (Å²) in [5.41, 5.74) is 5.06. The normalized spacial score (nSPS) is 26.9. The molecule has 3 aliphatic rings. The molecule has 2 aromatic carbocycles. The minimum absolute atomic E-state index is 0.0208. The highest BCUT2D eigenvalue weighted by molar-refractivity contribution is 5.95. The number of nitrogens with one attached hydrogen (secondary N) is 2. The summed E-state index contributed by atoms with van der Waals surface area (Å²) in [6, 6.07) is 11.8. The van der Waals surface area contributed by atoms with Gasteiger partial charge >= 0.3 is 12.1 Å². The van der Waals surface area contributed by atoms with E-state index in [-0.39, 0.29) is 31.2 Å². The van der Waals surface area contributed by atoms with E-state index in [2.05, 4.69) is 11.4 Å². The lowest BCUT2D eigenvalue weighted by atomic mass is 9.72. The molecule has 0 radical (unpaired) electrons. The Morgan fingerprint density at radius 3 is 2.51 bits per heavy atom. The van der Waals surface area contributed by atoms with Crippen LogP contribution in [0.5, 0.6) is 0 Å². The van der Waals surface area contributed by atoms with Crippen LogP contribution in [0.1, 0.15) is 32.3 Å². The van der Waals surface area contributed by atoms with Gasteiger partial charge in [0.05, 0.1) is 17.7 Å². The van der Waals surface area contributed by atoms with Crippen LogP contribution in [0.15, 0.2) is 48.2 Å². The largest absolute Gasteiger partial charge is 0.471 e. The third kappa shape index (κ3) is 4.91. The molecule has 6 atom stereocenters. The molecule has 4 N–H and O–H groups in total. The average Bonchev–Trinajstić information content (AvgIpc) is 3.34. The van der Waals surface area contributed by atoms with E-state index in [1.807, 2.05) is 43.3 Å². The highest BCUT2D eigenvalue weighted by Gasteiger charge is 2.83. The minimum atomic E-state index is -5.24. The predicted molar refractivity (Wildman–Crippen MR) is 149 cm³/mol. The number of nitrogens with two attached hydrogens (primary N) is 1. The Bertz CT molecular complexity index is 1580. The Kier molecular flexibility index (Phi) is 7.51. The van der Waals surface area contributed by atoms with Crippen LogP contribution in [-0.2, 0) is 25.6 Å². The molecule has 1 aliphatic carbocycles. The first-order valence-electron chi connectivity index (χ1n) is 14.1. The molecule has 1 saturated carbocycles. The Morgan fingerprint density at radius 2 is 1.88 bits per heavy atom. The standard InChI is InChI=1S/C31H32F3N5O4/c1-29(2)24-15-39(25(26(36)41)30(24,29)21(14-35)13-20-9-10-37-23(20)16-40)27(42)22(38-28(43)31(32,33)34)12-17-7-8-18-5-3-4-6-19(18)11-17/h3-8,11,20-22,24-25,37H,9-10,12-13,15H2,1-2H3,(H2,36,41)(H,38,43)/t20-,21-,22+,24?,25?,30?/m1/s1. The van der Waals surface area contributed by atoms with E-state index in [0.29, 0.717) is 24.2 Å². The summed E-state index contributed by atoms with van der Waals surface area (Å²) >= 11 is 0. The lowest BCUT2D eigenvalue weighted by Crippen LogP contribution is -2.59. The van der Waals surface area contributed by atoms with E-state index < -0.39 is 52.7 Å². The fraction of sp³-hybridized carbons (Fsp3) is 0.484. The number of allylic oxidation sites excluding steroid dienone is 1. The summed E-state index contributed by atoms with van der Waals surface area (Å²) < 4.78 is 40.1. The number of fused-ring (bicyclic) bond motifs is 2. The molecule has 2 aliphatic heterocycles. The van der Waals surface area contributed by atoms with Crippen LogP contribution < -0.4 is 16.4 Å². The van der Waals surface area contributed by atoms with Crippen molar-refractivity contribution in [1.29, 1.82) is 5.26 Å². The number of hydrogen-bond donors (Lipinski definition) is 3. The third-order valence-electron chi connectivity index (χ3n) is 9.87. The molecular weight excluding hydrogens is 563 g/mol. The van der Waals surface area contributed by atoms with Crippen molar-refractivity contribution >= 4 is 34.4 Å². The number of amides is 3. The fourth-order valence-electron chi connectivity index (χ4n) is 7.82. The van der Waals surface area contributed by atoms with Gasteiger partial charge < -0.3 is 21.3 Å². The zero-order valence-electron chi connectivity index (χ0n) is 23.7. The molecule has 2 saturated heterocycles. The Morgan fingerprint density at radius 1 is 1.19 bits per heavy atom. The average molecular weight is 596 g/mol. The van der Waals surface area contributed by atoms with Gasteiger partial charge in [-0.15, -0.1) is 0 Å². The van der Waals surface area contributed by atoms with E-state index >= 15 is 0 Å². The molecule has 226 valence electrons. The number of carbonyl (C=O) groups excluding carboxylic acids is 4. The van der Waals surface area contributed by atoms with E-state index in [9.17, 15) is 37.6 Å². The molecule has 0 bridgehead atoms. The number of primary amides is 1. The van der Waals surface area contributed by atoms with Crippen LogP contribution in [0.3, 0.4) is 0 Å². The number of rotatable bonds is 8. The van der Waals surface area contributed by atoms with Crippen molar-refractivity contribution in [3.8, 4) is 6.07 Å². The van der Waals surface area contributed by atoms with Gasteiger partial charge in [0.2, 0.25) is 11.8 Å². The molecule has 43 heavy (non-hydrogen) atoms. The summed E-state index contributed by atoms with van der Waals surface area (Å²) in [6.07, 6.45) is -4.69. The van der Waals surface area contributed by atoms with Crippen LogP contribution in [0.25, 0.3) is 10.8 Å². The molecule has 12 heteroatoms. The number of alkyl halides is 3. The summed E-state index contributed by atoms with van der Waals surface area (Å²) in [6.45, 7) is 4.27. The number of halogens is 3. The van der Waals surface area contributed by atoms with Crippen LogP contribution in [-0.4, -0.2) is 59.9 Å². The van der Waals surface area contributed by atoms with Crippen molar-refractivity contribution in [2.75, 3.05) is 13.1 Å². The van der Waals surface area contributed by atoms with Gasteiger partial charge in [-0.25, -0.2) is 4.79 Å². The zero-order valence-corrected chi connectivity index (χ0v) is 23.7. The Hall–Kier alpha value is -4.36. The second kappa shape index (κ2) is 10.7. The van der Waals surface area contributed by atoms with E-state index in [4.69, 9.17) is 5.73 Å². The lowest BCUT2D eigenvalue weighted by molar-refractivity contribution is -0.175. The van der Waals surface area contributed by atoms with Crippen molar-refractivity contribution in [2.45, 2.75) is 51.4 Å². The summed E-state index contributed by atoms with van der Waals surface area (Å²) in [7, 11) is 0. The minimum Gasteiger partial charge on any atom is -0.379 e. The van der Waals surface area contributed by atoms with Crippen molar-refractivity contribution in [2.24, 2.45) is 34.3 Å². The summed E-state index contributed by atoms with van der Waals surface area (Å²) in [5.74, 6) is -3.61. The van der Waals surface area contributed by atoms with Gasteiger partial charge in [0.1, 0.15) is 18.0 Å². The zero-order chi connectivity index (χ0) is 31.3. The molecule has 0 spiro atoms.